The van der Waals surface area contributed by atoms with Crippen molar-refractivity contribution in [3.63, 3.8) is 0 Å². The van der Waals surface area contributed by atoms with Crippen molar-refractivity contribution in [1.82, 2.24) is 9.97 Å². The first-order valence-electron chi connectivity index (χ1n) is 5.46. The minimum absolute atomic E-state index is 0.720. The lowest BCUT2D eigenvalue weighted by atomic mass is 10.2. The van der Waals surface area contributed by atoms with E-state index in [9.17, 15) is 0 Å². The van der Waals surface area contributed by atoms with Crippen LogP contribution >= 0.6 is 22.6 Å². The Bertz CT molecular complexity index is 511. The van der Waals surface area contributed by atoms with Gasteiger partial charge >= 0.3 is 0 Å². The van der Waals surface area contributed by atoms with Crippen molar-refractivity contribution in [3.05, 3.63) is 27.4 Å². The molecule has 0 aliphatic heterocycles. The highest BCUT2D eigenvalue weighted by molar-refractivity contribution is 14.1. The second-order valence-electron chi connectivity index (χ2n) is 3.65. The highest BCUT2D eigenvalue weighted by Crippen LogP contribution is 2.26. The number of nitrogens with zero attached hydrogens (tertiary/aromatic N) is 2. The van der Waals surface area contributed by atoms with Gasteiger partial charge in [0.1, 0.15) is 11.6 Å². The summed E-state index contributed by atoms with van der Waals surface area (Å²) in [6, 6.07) is 1.90. The van der Waals surface area contributed by atoms with Crippen LogP contribution < -0.4 is 5.32 Å². The molecule has 0 spiro atoms. The molecule has 0 saturated carbocycles. The number of halogens is 1. The summed E-state index contributed by atoms with van der Waals surface area (Å²) in [6.07, 6.45) is 2.55. The van der Waals surface area contributed by atoms with Crippen LogP contribution in [0.15, 0.2) is 16.7 Å². The van der Waals surface area contributed by atoms with Crippen LogP contribution in [0.2, 0.25) is 0 Å². The van der Waals surface area contributed by atoms with E-state index in [1.165, 1.54) is 0 Å². The molecule has 4 nitrogen and oxygen atoms in total. The summed E-state index contributed by atoms with van der Waals surface area (Å²) >= 11 is 2.27. The van der Waals surface area contributed by atoms with Gasteiger partial charge in [0.15, 0.2) is 5.82 Å². The molecule has 0 amide bonds. The highest BCUT2D eigenvalue weighted by Gasteiger charge is 2.13. The van der Waals surface area contributed by atoms with Gasteiger partial charge in [0.25, 0.3) is 0 Å². The Balaban J connectivity index is 2.60. The molecule has 0 radical (unpaired) electrons. The van der Waals surface area contributed by atoms with Crippen LogP contribution in [0.1, 0.15) is 18.4 Å². The first kappa shape index (κ1) is 12.3. The quantitative estimate of drug-likeness (QED) is 0.870. The molecule has 17 heavy (non-hydrogen) atoms. The molecule has 0 fully saturated rings. The standard InChI is InChI=1S/C12H14IN3O/c1-4-9-10(13)12(14-3)16-11(15-9)8-5-6-17-7(8)2/h5-6H,4H2,1-3H3,(H,14,15,16). The summed E-state index contributed by atoms with van der Waals surface area (Å²) < 4.78 is 6.37. The third-order valence-electron chi connectivity index (χ3n) is 2.59. The summed E-state index contributed by atoms with van der Waals surface area (Å²) in [6.45, 7) is 4.01. The number of furan rings is 1. The van der Waals surface area contributed by atoms with Crippen LogP contribution in [-0.4, -0.2) is 17.0 Å². The van der Waals surface area contributed by atoms with Crippen molar-refractivity contribution >= 4 is 28.4 Å². The molecule has 2 heterocycles. The summed E-state index contributed by atoms with van der Waals surface area (Å²) in [4.78, 5) is 9.10. The Kier molecular flexibility index (Phi) is 3.66. The molecule has 2 aromatic heterocycles. The zero-order valence-corrected chi connectivity index (χ0v) is 12.2. The van der Waals surface area contributed by atoms with Gasteiger partial charge in [0.2, 0.25) is 0 Å². The smallest absolute Gasteiger partial charge is 0.165 e. The zero-order chi connectivity index (χ0) is 12.4. The Morgan fingerprint density at radius 1 is 1.41 bits per heavy atom. The van der Waals surface area contributed by atoms with E-state index in [0.717, 1.165) is 38.7 Å². The number of aromatic nitrogens is 2. The number of hydrogen-bond donors (Lipinski definition) is 1. The second kappa shape index (κ2) is 5.03. The lowest BCUT2D eigenvalue weighted by Gasteiger charge is -2.09. The van der Waals surface area contributed by atoms with Crippen molar-refractivity contribution in [2.45, 2.75) is 20.3 Å². The molecule has 0 bridgehead atoms. The van der Waals surface area contributed by atoms with Crippen LogP contribution in [0, 0.1) is 10.5 Å². The molecule has 0 aromatic carbocycles. The lowest BCUT2D eigenvalue weighted by Crippen LogP contribution is -2.04. The Morgan fingerprint density at radius 3 is 2.71 bits per heavy atom. The minimum atomic E-state index is 0.720. The molecule has 0 saturated heterocycles. The molecule has 0 aliphatic rings. The van der Waals surface area contributed by atoms with E-state index in [2.05, 4.69) is 44.8 Å². The molecular formula is C12H14IN3O. The van der Waals surface area contributed by atoms with E-state index < -0.39 is 0 Å². The molecule has 2 rings (SSSR count). The number of anilines is 1. The fraction of sp³-hybridized carbons (Fsp3) is 0.333. The summed E-state index contributed by atoms with van der Waals surface area (Å²) in [5, 5.41) is 3.10. The van der Waals surface area contributed by atoms with E-state index in [4.69, 9.17) is 4.42 Å². The van der Waals surface area contributed by atoms with Gasteiger partial charge in [-0.05, 0) is 42.0 Å². The van der Waals surface area contributed by atoms with Gasteiger partial charge in [-0.15, -0.1) is 0 Å². The fourth-order valence-electron chi connectivity index (χ4n) is 1.63. The SMILES string of the molecule is CCc1nc(-c2ccoc2C)nc(NC)c1I. The van der Waals surface area contributed by atoms with Gasteiger partial charge < -0.3 is 9.73 Å². The van der Waals surface area contributed by atoms with Crippen LogP contribution in [0.3, 0.4) is 0 Å². The van der Waals surface area contributed by atoms with E-state index >= 15 is 0 Å². The van der Waals surface area contributed by atoms with Crippen molar-refractivity contribution < 1.29 is 4.42 Å². The van der Waals surface area contributed by atoms with Crippen LogP contribution in [0.4, 0.5) is 5.82 Å². The molecule has 90 valence electrons. The van der Waals surface area contributed by atoms with Crippen LogP contribution in [-0.2, 0) is 6.42 Å². The highest BCUT2D eigenvalue weighted by atomic mass is 127. The maximum atomic E-state index is 5.29. The first-order valence-corrected chi connectivity index (χ1v) is 6.53. The van der Waals surface area contributed by atoms with Gasteiger partial charge in [-0.1, -0.05) is 6.92 Å². The van der Waals surface area contributed by atoms with Crippen molar-refractivity contribution in [2.24, 2.45) is 0 Å². The van der Waals surface area contributed by atoms with Gasteiger partial charge in [0.05, 0.1) is 21.1 Å². The maximum absolute atomic E-state index is 5.29. The number of nitrogens with one attached hydrogen (secondary N) is 1. The average molecular weight is 343 g/mol. The second-order valence-corrected chi connectivity index (χ2v) is 4.73. The third kappa shape index (κ3) is 2.29. The van der Waals surface area contributed by atoms with Crippen molar-refractivity contribution in [1.29, 1.82) is 0 Å². The van der Waals surface area contributed by atoms with E-state index in [0.29, 0.717) is 0 Å². The topological polar surface area (TPSA) is 51.0 Å². The van der Waals surface area contributed by atoms with Crippen LogP contribution in [0.5, 0.6) is 0 Å². The molecular weight excluding hydrogens is 329 g/mol. The summed E-state index contributed by atoms with van der Waals surface area (Å²) in [5.41, 5.74) is 2.01. The van der Waals surface area contributed by atoms with E-state index in [1.54, 1.807) is 6.26 Å². The van der Waals surface area contributed by atoms with E-state index in [-0.39, 0.29) is 0 Å². The van der Waals surface area contributed by atoms with Crippen LogP contribution in [0.25, 0.3) is 11.4 Å². The number of hydrogen-bond acceptors (Lipinski definition) is 4. The summed E-state index contributed by atoms with van der Waals surface area (Å²) in [7, 11) is 1.87. The Labute approximate surface area is 114 Å². The van der Waals surface area contributed by atoms with E-state index in [1.807, 2.05) is 20.0 Å². The van der Waals surface area contributed by atoms with Gasteiger partial charge in [-0.2, -0.15) is 0 Å². The summed E-state index contributed by atoms with van der Waals surface area (Å²) in [5.74, 6) is 2.43. The number of rotatable bonds is 3. The van der Waals surface area contributed by atoms with Crippen molar-refractivity contribution in [2.75, 3.05) is 12.4 Å². The number of aryl methyl sites for hydroxylation is 2. The predicted molar refractivity (Wildman–Crippen MR) is 76.1 cm³/mol. The normalized spacial score (nSPS) is 10.6. The largest absolute Gasteiger partial charge is 0.469 e. The average Bonchev–Trinajstić information content (AvgIpc) is 2.76. The molecule has 0 atom stereocenters. The lowest BCUT2D eigenvalue weighted by molar-refractivity contribution is 0.535. The molecule has 2 aromatic rings. The molecule has 0 aliphatic carbocycles. The predicted octanol–water partition coefficient (Wildman–Crippen LogP) is 3.25. The van der Waals surface area contributed by atoms with Gasteiger partial charge in [0, 0.05) is 7.05 Å². The Morgan fingerprint density at radius 2 is 2.18 bits per heavy atom. The Hall–Kier alpha value is -1.11. The molecule has 5 heteroatoms. The fourth-order valence-corrected chi connectivity index (χ4v) is 2.52. The zero-order valence-electron chi connectivity index (χ0n) is 10.0. The van der Waals surface area contributed by atoms with Gasteiger partial charge in [-0.3, -0.25) is 0 Å². The molecule has 1 N–H and O–H groups in total. The third-order valence-corrected chi connectivity index (χ3v) is 3.72. The maximum Gasteiger partial charge on any atom is 0.165 e. The van der Waals surface area contributed by atoms with Gasteiger partial charge in [-0.25, -0.2) is 9.97 Å². The first-order chi connectivity index (χ1) is 8.17. The molecule has 0 unspecified atom stereocenters. The van der Waals surface area contributed by atoms with Crippen molar-refractivity contribution in [3.8, 4) is 11.4 Å². The monoisotopic (exact) mass is 343 g/mol. The minimum Gasteiger partial charge on any atom is -0.469 e.